The number of hydrogen-bond acceptors (Lipinski definition) is 3. The molecule has 1 aromatic heterocycles. The normalized spacial score (nSPS) is 10.6. The van der Waals surface area contributed by atoms with Gasteiger partial charge in [0, 0.05) is 22.8 Å². The lowest BCUT2D eigenvalue weighted by molar-refractivity contribution is 0.102. The van der Waals surface area contributed by atoms with E-state index in [1.54, 1.807) is 65.5 Å². The van der Waals surface area contributed by atoms with Gasteiger partial charge in [0.05, 0.1) is 6.54 Å². The fourth-order valence-electron chi connectivity index (χ4n) is 2.93. The summed E-state index contributed by atoms with van der Waals surface area (Å²) in [4.78, 5) is 12.5. The summed E-state index contributed by atoms with van der Waals surface area (Å²) < 4.78 is 20.4. The number of amides is 1. The highest BCUT2D eigenvalue weighted by Crippen LogP contribution is 2.17. The van der Waals surface area contributed by atoms with E-state index in [0.717, 1.165) is 16.9 Å². The van der Waals surface area contributed by atoms with Crippen LogP contribution in [0.15, 0.2) is 85.1 Å². The van der Waals surface area contributed by atoms with Crippen molar-refractivity contribution in [2.75, 3.05) is 5.32 Å². The molecule has 0 bridgehead atoms. The molecule has 3 aromatic carbocycles. The van der Waals surface area contributed by atoms with Gasteiger partial charge in [-0.15, -0.1) is 0 Å². The zero-order valence-electron chi connectivity index (χ0n) is 16.5. The molecule has 1 amide bonds. The maximum Gasteiger partial charge on any atom is 0.256 e. The third-order valence-corrected chi connectivity index (χ3v) is 4.83. The van der Waals surface area contributed by atoms with Crippen LogP contribution in [0.5, 0.6) is 5.75 Å². The first-order valence-corrected chi connectivity index (χ1v) is 9.99. The molecule has 0 aliphatic rings. The van der Waals surface area contributed by atoms with Gasteiger partial charge >= 0.3 is 0 Å². The van der Waals surface area contributed by atoms with Crippen LogP contribution >= 0.6 is 11.6 Å². The predicted molar refractivity (Wildman–Crippen MR) is 118 cm³/mol. The summed E-state index contributed by atoms with van der Waals surface area (Å²) in [6.45, 7) is 0.871. The van der Waals surface area contributed by atoms with Gasteiger partial charge in [0.15, 0.2) is 5.82 Å². The molecule has 1 N–H and O–H groups in total. The highest BCUT2D eigenvalue weighted by molar-refractivity contribution is 6.30. The van der Waals surface area contributed by atoms with E-state index in [-0.39, 0.29) is 11.7 Å². The second-order valence-corrected chi connectivity index (χ2v) is 7.36. The van der Waals surface area contributed by atoms with Crippen LogP contribution in [0, 0.1) is 5.82 Å². The van der Waals surface area contributed by atoms with Crippen LogP contribution in [-0.4, -0.2) is 15.7 Å². The smallest absolute Gasteiger partial charge is 0.256 e. The Balaban J connectivity index is 1.31. The van der Waals surface area contributed by atoms with Crippen molar-refractivity contribution in [2.24, 2.45) is 0 Å². The van der Waals surface area contributed by atoms with Gasteiger partial charge in [0.1, 0.15) is 18.2 Å². The molecule has 0 saturated heterocycles. The fraction of sp³-hybridized carbons (Fsp3) is 0.0833. The summed E-state index contributed by atoms with van der Waals surface area (Å²) in [5, 5.41) is 7.78. The second-order valence-electron chi connectivity index (χ2n) is 6.92. The predicted octanol–water partition coefficient (Wildman–Crippen LogP) is 5.56. The number of benzene rings is 3. The first-order chi connectivity index (χ1) is 15.0. The van der Waals surface area contributed by atoms with Gasteiger partial charge < -0.3 is 10.1 Å². The van der Waals surface area contributed by atoms with Gasteiger partial charge in [-0.25, -0.2) is 4.39 Å². The third-order valence-electron chi connectivity index (χ3n) is 4.58. The van der Waals surface area contributed by atoms with Gasteiger partial charge in [0.25, 0.3) is 5.91 Å². The molecule has 31 heavy (non-hydrogen) atoms. The number of halogens is 2. The lowest BCUT2D eigenvalue weighted by Crippen LogP contribution is -2.13. The van der Waals surface area contributed by atoms with Crippen molar-refractivity contribution in [2.45, 2.75) is 13.2 Å². The summed E-state index contributed by atoms with van der Waals surface area (Å²) >= 11 is 5.87. The fourth-order valence-corrected chi connectivity index (χ4v) is 3.06. The number of hydrogen-bond donors (Lipinski definition) is 1. The van der Waals surface area contributed by atoms with Crippen molar-refractivity contribution >= 4 is 23.3 Å². The minimum Gasteiger partial charge on any atom is -0.489 e. The molecular formula is C24H19ClFN3O2. The molecule has 0 saturated carbocycles. The Hall–Kier alpha value is -3.64. The van der Waals surface area contributed by atoms with E-state index in [9.17, 15) is 9.18 Å². The summed E-state index contributed by atoms with van der Waals surface area (Å²) in [6, 6.07) is 22.3. The number of nitrogens with one attached hydrogen (secondary N) is 1. The molecule has 0 atom stereocenters. The number of ether oxygens (including phenoxy) is 1. The third kappa shape index (κ3) is 5.71. The Morgan fingerprint density at radius 1 is 0.935 bits per heavy atom. The minimum absolute atomic E-state index is 0.253. The summed E-state index contributed by atoms with van der Waals surface area (Å²) in [5.74, 6) is 0.640. The first kappa shape index (κ1) is 20.6. The molecule has 156 valence electrons. The molecule has 0 aliphatic carbocycles. The highest BCUT2D eigenvalue weighted by Gasteiger charge is 2.09. The summed E-state index contributed by atoms with van der Waals surface area (Å²) in [7, 11) is 0. The molecule has 0 unspecified atom stereocenters. The summed E-state index contributed by atoms with van der Waals surface area (Å²) in [6.07, 6.45) is 1.76. The Labute approximate surface area is 184 Å². The monoisotopic (exact) mass is 435 g/mol. The number of rotatable bonds is 7. The van der Waals surface area contributed by atoms with Crippen molar-refractivity contribution < 1.29 is 13.9 Å². The van der Waals surface area contributed by atoms with Gasteiger partial charge in [-0.2, -0.15) is 5.10 Å². The van der Waals surface area contributed by atoms with E-state index in [1.807, 2.05) is 12.1 Å². The van der Waals surface area contributed by atoms with E-state index >= 15 is 0 Å². The van der Waals surface area contributed by atoms with Gasteiger partial charge in [0.2, 0.25) is 0 Å². The molecule has 4 rings (SSSR count). The van der Waals surface area contributed by atoms with Crippen LogP contribution in [-0.2, 0) is 13.2 Å². The number of carbonyl (C=O) groups excluding carboxylic acids is 1. The van der Waals surface area contributed by atoms with Crippen LogP contribution in [0.1, 0.15) is 21.5 Å². The van der Waals surface area contributed by atoms with E-state index in [2.05, 4.69) is 10.4 Å². The number of anilines is 1. The van der Waals surface area contributed by atoms with E-state index in [0.29, 0.717) is 29.6 Å². The molecule has 0 spiro atoms. The molecule has 4 aromatic rings. The van der Waals surface area contributed by atoms with Crippen LogP contribution in [0.3, 0.4) is 0 Å². The van der Waals surface area contributed by atoms with Crippen molar-refractivity contribution in [1.29, 1.82) is 0 Å². The Morgan fingerprint density at radius 2 is 1.61 bits per heavy atom. The topological polar surface area (TPSA) is 56.2 Å². The average molecular weight is 436 g/mol. The van der Waals surface area contributed by atoms with Crippen molar-refractivity contribution in [3.63, 3.8) is 0 Å². The highest BCUT2D eigenvalue weighted by atomic mass is 35.5. The van der Waals surface area contributed by atoms with E-state index < -0.39 is 0 Å². The van der Waals surface area contributed by atoms with Crippen molar-refractivity contribution in [3.8, 4) is 5.75 Å². The van der Waals surface area contributed by atoms with Gasteiger partial charge in [-0.1, -0.05) is 35.9 Å². The van der Waals surface area contributed by atoms with Gasteiger partial charge in [-0.05, 0) is 59.7 Å². The van der Waals surface area contributed by atoms with E-state index in [1.165, 1.54) is 12.1 Å². The van der Waals surface area contributed by atoms with Crippen molar-refractivity contribution in [1.82, 2.24) is 9.78 Å². The Morgan fingerprint density at radius 3 is 2.32 bits per heavy atom. The Bertz CT molecular complexity index is 1160. The molecule has 7 heteroatoms. The average Bonchev–Trinajstić information content (AvgIpc) is 3.22. The second kappa shape index (κ2) is 9.45. The zero-order chi connectivity index (χ0) is 21.6. The lowest BCUT2D eigenvalue weighted by Gasteiger charge is -2.07. The molecular weight excluding hydrogens is 417 g/mol. The standard InChI is InChI=1S/C24H19ClFN3O2/c25-20-7-11-22(12-8-20)31-16-18-1-5-19(6-2-18)24(30)27-23-13-14-29(28-23)15-17-3-9-21(26)10-4-17/h1-14H,15-16H2,(H,27,28,30). The molecule has 1 heterocycles. The first-order valence-electron chi connectivity index (χ1n) is 9.62. The molecule has 0 radical (unpaired) electrons. The van der Waals surface area contributed by atoms with E-state index in [4.69, 9.17) is 16.3 Å². The SMILES string of the molecule is O=C(Nc1ccn(Cc2ccc(F)cc2)n1)c1ccc(COc2ccc(Cl)cc2)cc1. The molecule has 5 nitrogen and oxygen atoms in total. The minimum atomic E-state index is -0.278. The van der Waals surface area contributed by atoms with Crippen LogP contribution in [0.4, 0.5) is 10.2 Å². The summed E-state index contributed by atoms with van der Waals surface area (Å²) in [5.41, 5.74) is 2.37. The molecule has 0 aliphatic heterocycles. The van der Waals surface area contributed by atoms with Gasteiger partial charge in [-0.3, -0.25) is 9.48 Å². The zero-order valence-corrected chi connectivity index (χ0v) is 17.2. The number of nitrogens with zero attached hydrogens (tertiary/aromatic N) is 2. The lowest BCUT2D eigenvalue weighted by atomic mass is 10.1. The van der Waals surface area contributed by atoms with Crippen LogP contribution < -0.4 is 10.1 Å². The quantitative estimate of drug-likeness (QED) is 0.413. The number of carbonyl (C=O) groups is 1. The maximum absolute atomic E-state index is 13.0. The Kier molecular flexibility index (Phi) is 6.29. The van der Waals surface area contributed by atoms with Crippen molar-refractivity contribution in [3.05, 3.63) is 113 Å². The largest absolute Gasteiger partial charge is 0.489 e. The number of aromatic nitrogens is 2. The van der Waals surface area contributed by atoms with Crippen LogP contribution in [0.2, 0.25) is 5.02 Å². The van der Waals surface area contributed by atoms with Crippen LogP contribution in [0.25, 0.3) is 0 Å². The maximum atomic E-state index is 13.0. The molecule has 0 fully saturated rings.